The van der Waals surface area contributed by atoms with E-state index in [9.17, 15) is 9.18 Å². The minimum absolute atomic E-state index is 0.346. The van der Waals surface area contributed by atoms with Gasteiger partial charge in [0, 0.05) is 11.6 Å². The Balaban J connectivity index is 2.24. The highest BCUT2D eigenvalue weighted by Gasteiger charge is 2.03. The molecule has 2 rings (SSSR count). The third-order valence-electron chi connectivity index (χ3n) is 2.15. The van der Waals surface area contributed by atoms with Gasteiger partial charge in [-0.1, -0.05) is 12.1 Å². The van der Waals surface area contributed by atoms with E-state index in [1.165, 1.54) is 18.2 Å². The summed E-state index contributed by atoms with van der Waals surface area (Å²) in [6, 6.07) is 12.2. The average molecular weight is 231 g/mol. The third kappa shape index (κ3) is 2.81. The van der Waals surface area contributed by atoms with E-state index in [0.29, 0.717) is 17.1 Å². The molecule has 0 aliphatic rings. The second-order valence-corrected chi connectivity index (χ2v) is 3.45. The van der Waals surface area contributed by atoms with E-state index in [1.807, 2.05) is 0 Å². The highest BCUT2D eigenvalue weighted by molar-refractivity contribution is 5.93. The summed E-state index contributed by atoms with van der Waals surface area (Å²) in [6.45, 7) is 0. The lowest BCUT2D eigenvalue weighted by Crippen LogP contribution is -2.10. The van der Waals surface area contributed by atoms with Crippen molar-refractivity contribution in [3.8, 4) is 11.5 Å². The highest BCUT2D eigenvalue weighted by atomic mass is 19.1. The number of halogens is 1. The van der Waals surface area contributed by atoms with Crippen LogP contribution in [-0.2, 0) is 0 Å². The molecule has 3 nitrogen and oxygen atoms in total. The molecule has 4 heteroatoms. The summed E-state index contributed by atoms with van der Waals surface area (Å²) in [4.78, 5) is 11.0. The first-order valence-electron chi connectivity index (χ1n) is 4.98. The number of hydrogen-bond acceptors (Lipinski definition) is 2. The fourth-order valence-electron chi connectivity index (χ4n) is 1.38. The number of nitrogens with two attached hydrogens (primary N) is 1. The SMILES string of the molecule is NC(=O)c1cccc(Oc2cccc(F)c2)c1. The predicted octanol–water partition coefficient (Wildman–Crippen LogP) is 2.72. The number of amides is 1. The Hall–Kier alpha value is -2.36. The first kappa shape index (κ1) is 11.1. The molecule has 0 saturated heterocycles. The molecule has 0 heterocycles. The van der Waals surface area contributed by atoms with E-state index in [4.69, 9.17) is 10.5 Å². The maximum absolute atomic E-state index is 12.9. The number of benzene rings is 2. The summed E-state index contributed by atoms with van der Waals surface area (Å²) in [7, 11) is 0. The largest absolute Gasteiger partial charge is 0.457 e. The number of carbonyl (C=O) groups excluding carboxylic acids is 1. The van der Waals surface area contributed by atoms with Gasteiger partial charge in [0.2, 0.25) is 5.91 Å². The fourth-order valence-corrected chi connectivity index (χ4v) is 1.38. The van der Waals surface area contributed by atoms with Gasteiger partial charge in [0.05, 0.1) is 0 Å². The van der Waals surface area contributed by atoms with Crippen molar-refractivity contribution in [1.82, 2.24) is 0 Å². The lowest BCUT2D eigenvalue weighted by Gasteiger charge is -2.06. The van der Waals surface area contributed by atoms with Crippen molar-refractivity contribution >= 4 is 5.91 Å². The van der Waals surface area contributed by atoms with Gasteiger partial charge >= 0.3 is 0 Å². The quantitative estimate of drug-likeness (QED) is 0.882. The van der Waals surface area contributed by atoms with Crippen molar-refractivity contribution in [1.29, 1.82) is 0 Å². The first-order chi connectivity index (χ1) is 8.15. The topological polar surface area (TPSA) is 52.3 Å². The van der Waals surface area contributed by atoms with Gasteiger partial charge in [0.25, 0.3) is 0 Å². The molecule has 0 unspecified atom stereocenters. The fraction of sp³-hybridized carbons (Fsp3) is 0. The Labute approximate surface area is 97.6 Å². The van der Waals surface area contributed by atoms with E-state index < -0.39 is 5.91 Å². The molecular formula is C13H10FNO2. The molecule has 0 aliphatic heterocycles. The lowest BCUT2D eigenvalue weighted by atomic mass is 10.2. The molecule has 17 heavy (non-hydrogen) atoms. The Bertz CT molecular complexity index is 555. The van der Waals surface area contributed by atoms with Gasteiger partial charge in [-0.15, -0.1) is 0 Å². The van der Waals surface area contributed by atoms with Crippen molar-refractivity contribution in [2.45, 2.75) is 0 Å². The van der Waals surface area contributed by atoms with Crippen LogP contribution in [0.5, 0.6) is 11.5 Å². The van der Waals surface area contributed by atoms with Crippen molar-refractivity contribution in [2.75, 3.05) is 0 Å². The van der Waals surface area contributed by atoms with Gasteiger partial charge in [-0.2, -0.15) is 0 Å². The number of carbonyl (C=O) groups is 1. The van der Waals surface area contributed by atoms with Crippen molar-refractivity contribution < 1.29 is 13.9 Å². The van der Waals surface area contributed by atoms with Crippen LogP contribution in [0.2, 0.25) is 0 Å². The second-order valence-electron chi connectivity index (χ2n) is 3.45. The highest BCUT2D eigenvalue weighted by Crippen LogP contribution is 2.22. The van der Waals surface area contributed by atoms with Crippen LogP contribution in [0.3, 0.4) is 0 Å². The van der Waals surface area contributed by atoms with Crippen molar-refractivity contribution in [2.24, 2.45) is 5.73 Å². The van der Waals surface area contributed by atoms with Crippen molar-refractivity contribution in [3.05, 3.63) is 59.9 Å². The number of ether oxygens (including phenoxy) is 1. The molecule has 0 fully saturated rings. The van der Waals surface area contributed by atoms with Gasteiger partial charge < -0.3 is 10.5 Å². The average Bonchev–Trinajstić information content (AvgIpc) is 2.29. The van der Waals surface area contributed by atoms with Crippen LogP contribution in [0.4, 0.5) is 4.39 Å². The minimum Gasteiger partial charge on any atom is -0.457 e. The number of rotatable bonds is 3. The van der Waals surface area contributed by atoms with E-state index in [-0.39, 0.29) is 5.82 Å². The molecule has 1 amide bonds. The molecule has 0 aliphatic carbocycles. The zero-order chi connectivity index (χ0) is 12.3. The van der Waals surface area contributed by atoms with Crippen LogP contribution in [0.1, 0.15) is 10.4 Å². The Morgan fingerprint density at radius 2 is 1.71 bits per heavy atom. The Kier molecular flexibility index (Phi) is 3.05. The van der Waals surface area contributed by atoms with E-state index in [1.54, 1.807) is 30.3 Å². The summed E-state index contributed by atoms with van der Waals surface area (Å²) in [5, 5.41) is 0. The van der Waals surface area contributed by atoms with Crippen LogP contribution < -0.4 is 10.5 Å². The molecule has 0 bridgehead atoms. The van der Waals surface area contributed by atoms with Crippen LogP contribution in [0, 0.1) is 5.82 Å². The maximum atomic E-state index is 12.9. The second kappa shape index (κ2) is 4.65. The zero-order valence-electron chi connectivity index (χ0n) is 8.89. The summed E-state index contributed by atoms with van der Waals surface area (Å²) in [5.41, 5.74) is 5.49. The summed E-state index contributed by atoms with van der Waals surface area (Å²) >= 11 is 0. The van der Waals surface area contributed by atoms with E-state index in [0.717, 1.165) is 0 Å². The van der Waals surface area contributed by atoms with E-state index in [2.05, 4.69) is 0 Å². The minimum atomic E-state index is -0.533. The van der Waals surface area contributed by atoms with Crippen LogP contribution in [0.25, 0.3) is 0 Å². The third-order valence-corrected chi connectivity index (χ3v) is 2.15. The van der Waals surface area contributed by atoms with Gasteiger partial charge in [-0.05, 0) is 30.3 Å². The molecule has 2 aromatic rings. The standard InChI is InChI=1S/C13H10FNO2/c14-10-4-2-6-12(8-10)17-11-5-1-3-9(7-11)13(15)16/h1-8H,(H2,15,16). The Morgan fingerprint density at radius 3 is 2.35 bits per heavy atom. The lowest BCUT2D eigenvalue weighted by molar-refractivity contribution is 0.1000. The normalized spacial score (nSPS) is 9.94. The predicted molar refractivity (Wildman–Crippen MR) is 61.4 cm³/mol. The number of hydrogen-bond donors (Lipinski definition) is 1. The molecule has 2 aromatic carbocycles. The van der Waals surface area contributed by atoms with Gasteiger partial charge in [-0.25, -0.2) is 4.39 Å². The van der Waals surface area contributed by atoms with E-state index >= 15 is 0 Å². The summed E-state index contributed by atoms with van der Waals surface area (Å²) in [5.74, 6) is -0.109. The molecule has 0 saturated carbocycles. The molecule has 0 radical (unpaired) electrons. The van der Waals surface area contributed by atoms with Gasteiger partial charge in [0.1, 0.15) is 17.3 Å². The summed E-state index contributed by atoms with van der Waals surface area (Å²) in [6.07, 6.45) is 0. The maximum Gasteiger partial charge on any atom is 0.248 e. The smallest absolute Gasteiger partial charge is 0.248 e. The molecule has 86 valence electrons. The van der Waals surface area contributed by atoms with Gasteiger partial charge in [0.15, 0.2) is 0 Å². The molecule has 0 aromatic heterocycles. The first-order valence-corrected chi connectivity index (χ1v) is 4.98. The van der Waals surface area contributed by atoms with Crippen LogP contribution >= 0.6 is 0 Å². The van der Waals surface area contributed by atoms with Crippen LogP contribution in [0.15, 0.2) is 48.5 Å². The molecular weight excluding hydrogens is 221 g/mol. The molecule has 0 spiro atoms. The summed E-state index contributed by atoms with van der Waals surface area (Å²) < 4.78 is 18.3. The Morgan fingerprint density at radius 1 is 1.06 bits per heavy atom. The van der Waals surface area contributed by atoms with Crippen LogP contribution in [-0.4, -0.2) is 5.91 Å². The number of primary amides is 1. The molecule has 2 N–H and O–H groups in total. The monoisotopic (exact) mass is 231 g/mol. The zero-order valence-corrected chi connectivity index (χ0v) is 8.89. The van der Waals surface area contributed by atoms with Crippen molar-refractivity contribution in [3.63, 3.8) is 0 Å². The van der Waals surface area contributed by atoms with Gasteiger partial charge in [-0.3, -0.25) is 4.79 Å². The molecule has 0 atom stereocenters.